The topological polar surface area (TPSA) is 67.0 Å². The zero-order chi connectivity index (χ0) is 18.3. The summed E-state index contributed by atoms with van der Waals surface area (Å²) < 4.78 is 7.40. The molecular formula is C20H19N3O3. The minimum atomic E-state index is -0.250. The Bertz CT molecular complexity index is 1190. The molecule has 2 aromatic carbocycles. The summed E-state index contributed by atoms with van der Waals surface area (Å²) in [5.74, 6) is -0.250. The first-order valence-corrected chi connectivity index (χ1v) is 8.46. The third kappa shape index (κ3) is 2.55. The summed E-state index contributed by atoms with van der Waals surface area (Å²) in [6, 6.07) is 14.4. The second-order valence-electron chi connectivity index (χ2n) is 6.50. The molecule has 26 heavy (non-hydrogen) atoms. The quantitative estimate of drug-likeness (QED) is 0.615. The minimum absolute atomic E-state index is 0.189. The molecule has 0 radical (unpaired) electrons. The Hall–Kier alpha value is -3.12. The summed E-state index contributed by atoms with van der Waals surface area (Å²) in [4.78, 5) is 27.9. The maximum atomic E-state index is 13.0. The van der Waals surface area contributed by atoms with E-state index in [0.717, 1.165) is 6.54 Å². The van der Waals surface area contributed by atoms with Gasteiger partial charge in [0.1, 0.15) is 5.56 Å². The first kappa shape index (κ1) is 16.4. The van der Waals surface area contributed by atoms with Gasteiger partial charge in [-0.15, -0.1) is 0 Å². The summed E-state index contributed by atoms with van der Waals surface area (Å²) in [5.41, 5.74) is 1.70. The fourth-order valence-corrected chi connectivity index (χ4v) is 3.18. The molecule has 0 saturated carbocycles. The maximum Gasteiger partial charge on any atom is 0.265 e. The molecule has 0 spiro atoms. The van der Waals surface area contributed by atoms with Crippen molar-refractivity contribution in [1.82, 2.24) is 14.6 Å². The molecule has 0 unspecified atom stereocenters. The van der Waals surface area contributed by atoms with Gasteiger partial charge in [0.05, 0.1) is 5.52 Å². The van der Waals surface area contributed by atoms with Gasteiger partial charge >= 0.3 is 0 Å². The first-order valence-electron chi connectivity index (χ1n) is 8.46. The zero-order valence-electron chi connectivity index (χ0n) is 14.7. The number of oxazole rings is 1. The van der Waals surface area contributed by atoms with Crippen LogP contribution in [0, 0.1) is 0 Å². The molecule has 132 valence electrons. The highest BCUT2D eigenvalue weighted by Gasteiger charge is 2.22. The van der Waals surface area contributed by atoms with Crippen LogP contribution in [0.15, 0.2) is 57.7 Å². The second-order valence-corrected chi connectivity index (χ2v) is 6.50. The summed E-state index contributed by atoms with van der Waals surface area (Å²) in [5, 5.41) is 4.01. The van der Waals surface area contributed by atoms with Gasteiger partial charge in [-0.1, -0.05) is 30.3 Å². The van der Waals surface area contributed by atoms with Gasteiger partial charge in [-0.05, 0) is 32.3 Å². The number of nitrogens with zero attached hydrogens (tertiary/aromatic N) is 2. The van der Waals surface area contributed by atoms with Gasteiger partial charge < -0.3 is 14.6 Å². The van der Waals surface area contributed by atoms with Gasteiger partial charge in [-0.2, -0.15) is 0 Å². The van der Waals surface area contributed by atoms with Crippen LogP contribution < -0.4 is 10.9 Å². The minimum Gasteiger partial charge on any atom is -0.437 e. The van der Waals surface area contributed by atoms with Crippen molar-refractivity contribution < 1.29 is 9.21 Å². The standard InChI is InChI=1S/C20H19N3O3/c1-22(2)12-11-21-18(24)17-13-7-3-4-8-14(13)19(25)23-15-9-5-6-10-16(15)26-20(17)23/h3-10H,11-12H2,1-2H3,(H,21,24). The van der Waals surface area contributed by atoms with Crippen LogP contribution in [-0.4, -0.2) is 42.4 Å². The number of hydrogen-bond donors (Lipinski definition) is 1. The Balaban J connectivity index is 2.01. The van der Waals surface area contributed by atoms with Crippen molar-refractivity contribution in [3.05, 3.63) is 64.4 Å². The van der Waals surface area contributed by atoms with Crippen LogP contribution >= 0.6 is 0 Å². The van der Waals surface area contributed by atoms with Gasteiger partial charge in [0.25, 0.3) is 11.5 Å². The van der Waals surface area contributed by atoms with E-state index < -0.39 is 0 Å². The van der Waals surface area contributed by atoms with Crippen LogP contribution in [0.25, 0.3) is 27.6 Å². The normalized spacial score (nSPS) is 11.7. The van der Waals surface area contributed by atoms with Gasteiger partial charge in [0, 0.05) is 23.9 Å². The van der Waals surface area contributed by atoms with E-state index in [-0.39, 0.29) is 17.2 Å². The predicted molar refractivity (Wildman–Crippen MR) is 102 cm³/mol. The lowest BCUT2D eigenvalue weighted by molar-refractivity contribution is 0.0953. The van der Waals surface area contributed by atoms with Crippen LogP contribution in [0.5, 0.6) is 0 Å². The lowest BCUT2D eigenvalue weighted by Gasteiger charge is -2.12. The third-order valence-electron chi connectivity index (χ3n) is 4.43. The Morgan fingerprint density at radius 2 is 1.77 bits per heavy atom. The van der Waals surface area contributed by atoms with Gasteiger partial charge in [-0.3, -0.25) is 9.59 Å². The maximum absolute atomic E-state index is 13.0. The molecule has 2 heterocycles. The van der Waals surface area contributed by atoms with Crippen molar-refractivity contribution >= 4 is 33.5 Å². The predicted octanol–water partition coefficient (Wildman–Crippen LogP) is 2.49. The van der Waals surface area contributed by atoms with Gasteiger partial charge in [0.15, 0.2) is 5.58 Å². The molecule has 4 aromatic rings. The lowest BCUT2D eigenvalue weighted by atomic mass is 10.1. The molecule has 0 fully saturated rings. The van der Waals surface area contributed by atoms with Crippen molar-refractivity contribution in [3.63, 3.8) is 0 Å². The largest absolute Gasteiger partial charge is 0.437 e. The molecule has 0 aliphatic rings. The van der Waals surface area contributed by atoms with E-state index in [1.165, 1.54) is 4.40 Å². The van der Waals surface area contributed by atoms with E-state index in [9.17, 15) is 9.59 Å². The Morgan fingerprint density at radius 1 is 1.08 bits per heavy atom. The van der Waals surface area contributed by atoms with Crippen LogP contribution in [-0.2, 0) is 0 Å². The molecule has 0 bridgehead atoms. The number of carbonyl (C=O) groups is 1. The molecule has 1 amide bonds. The fraction of sp³-hybridized carbons (Fsp3) is 0.200. The number of amides is 1. The summed E-state index contributed by atoms with van der Waals surface area (Å²) >= 11 is 0. The summed E-state index contributed by atoms with van der Waals surface area (Å²) in [7, 11) is 3.89. The van der Waals surface area contributed by atoms with Crippen molar-refractivity contribution in [1.29, 1.82) is 0 Å². The van der Waals surface area contributed by atoms with E-state index in [2.05, 4.69) is 5.32 Å². The van der Waals surface area contributed by atoms with E-state index >= 15 is 0 Å². The smallest absolute Gasteiger partial charge is 0.265 e. The number of carbonyl (C=O) groups excluding carboxylic acids is 1. The molecule has 2 aromatic heterocycles. The number of pyridine rings is 1. The second kappa shape index (κ2) is 6.31. The van der Waals surface area contributed by atoms with Gasteiger partial charge in [0.2, 0.25) is 5.71 Å². The van der Waals surface area contributed by atoms with Gasteiger partial charge in [-0.25, -0.2) is 4.40 Å². The van der Waals surface area contributed by atoms with E-state index in [4.69, 9.17) is 4.42 Å². The van der Waals surface area contributed by atoms with Crippen LogP contribution in [0.2, 0.25) is 0 Å². The lowest BCUT2D eigenvalue weighted by Crippen LogP contribution is -2.32. The SMILES string of the molecule is CN(C)CCNC(=O)c1c2ccccc2c(=O)n2c1oc1ccccc12. The highest BCUT2D eigenvalue weighted by Crippen LogP contribution is 2.26. The molecule has 6 heteroatoms. The van der Waals surface area contributed by atoms with Crippen molar-refractivity contribution in [2.24, 2.45) is 0 Å². The number of nitrogens with one attached hydrogen (secondary N) is 1. The molecule has 0 atom stereocenters. The summed E-state index contributed by atoms with van der Waals surface area (Å²) in [6.07, 6.45) is 0. The average Bonchev–Trinajstić information content (AvgIpc) is 3.01. The molecule has 0 aliphatic carbocycles. The van der Waals surface area contributed by atoms with E-state index in [1.54, 1.807) is 24.3 Å². The number of rotatable bonds is 4. The number of aromatic nitrogens is 1. The number of benzene rings is 2. The molecule has 1 N–H and O–H groups in total. The highest BCUT2D eigenvalue weighted by molar-refractivity contribution is 6.12. The Kier molecular flexibility index (Phi) is 3.97. The van der Waals surface area contributed by atoms with Crippen LogP contribution in [0.3, 0.4) is 0 Å². The third-order valence-corrected chi connectivity index (χ3v) is 4.43. The van der Waals surface area contributed by atoms with Crippen molar-refractivity contribution in [2.75, 3.05) is 27.2 Å². The molecule has 0 saturated heterocycles. The molecule has 4 rings (SSSR count). The number of hydrogen-bond acceptors (Lipinski definition) is 4. The highest BCUT2D eigenvalue weighted by atomic mass is 16.3. The molecular weight excluding hydrogens is 330 g/mol. The number of para-hydroxylation sites is 2. The first-order chi connectivity index (χ1) is 12.6. The van der Waals surface area contributed by atoms with Crippen molar-refractivity contribution in [2.45, 2.75) is 0 Å². The van der Waals surface area contributed by atoms with E-state index in [0.29, 0.717) is 34.0 Å². The Labute approximate surface area is 149 Å². The number of likely N-dealkylation sites (N-methyl/N-ethyl adjacent to an activating group) is 1. The fourth-order valence-electron chi connectivity index (χ4n) is 3.18. The Morgan fingerprint density at radius 3 is 2.54 bits per heavy atom. The monoisotopic (exact) mass is 349 g/mol. The van der Waals surface area contributed by atoms with E-state index in [1.807, 2.05) is 43.3 Å². The molecule has 6 nitrogen and oxygen atoms in total. The average molecular weight is 349 g/mol. The molecule has 0 aliphatic heterocycles. The zero-order valence-corrected chi connectivity index (χ0v) is 14.7. The van der Waals surface area contributed by atoms with Crippen LogP contribution in [0.4, 0.5) is 0 Å². The number of fused-ring (bicyclic) bond motifs is 4. The van der Waals surface area contributed by atoms with Crippen LogP contribution in [0.1, 0.15) is 10.4 Å². The summed E-state index contributed by atoms with van der Waals surface area (Å²) in [6.45, 7) is 1.23. The van der Waals surface area contributed by atoms with Crippen molar-refractivity contribution in [3.8, 4) is 0 Å².